The Labute approximate surface area is 173 Å². The highest BCUT2D eigenvalue weighted by Crippen LogP contribution is 2.33. The Hall–Kier alpha value is -2.71. The molecule has 0 aromatic heterocycles. The molecule has 30 heavy (non-hydrogen) atoms. The Bertz CT molecular complexity index is 828. The highest BCUT2D eigenvalue weighted by Gasteiger charge is 2.35. The van der Waals surface area contributed by atoms with Gasteiger partial charge in [-0.15, -0.1) is 0 Å². The van der Waals surface area contributed by atoms with Gasteiger partial charge < -0.3 is 15.0 Å². The number of hydrogen-bond donors (Lipinski definition) is 2. The van der Waals surface area contributed by atoms with Gasteiger partial charge in [0.25, 0.3) is 0 Å². The molecule has 1 saturated carbocycles. The maximum absolute atomic E-state index is 14.6. The van der Waals surface area contributed by atoms with Crippen molar-refractivity contribution in [1.29, 1.82) is 0 Å². The fourth-order valence-corrected chi connectivity index (χ4v) is 4.41. The van der Waals surface area contributed by atoms with E-state index in [-0.39, 0.29) is 24.5 Å². The molecule has 3 fully saturated rings. The van der Waals surface area contributed by atoms with E-state index in [1.165, 1.54) is 25.0 Å². The van der Waals surface area contributed by atoms with Gasteiger partial charge in [0.2, 0.25) is 11.8 Å². The first-order valence-electron chi connectivity index (χ1n) is 10.4. The van der Waals surface area contributed by atoms with Crippen LogP contribution >= 0.6 is 0 Å². The molecular formula is C21H25F2N3O4. The lowest BCUT2D eigenvalue weighted by Gasteiger charge is -2.40. The van der Waals surface area contributed by atoms with Gasteiger partial charge in [-0.3, -0.25) is 14.9 Å². The van der Waals surface area contributed by atoms with Gasteiger partial charge in [-0.2, -0.15) is 0 Å². The molecule has 2 saturated heterocycles. The van der Waals surface area contributed by atoms with Crippen LogP contribution in [0.5, 0.6) is 0 Å². The van der Waals surface area contributed by atoms with Crippen LogP contribution < -0.4 is 15.5 Å². The number of benzene rings is 1. The first-order chi connectivity index (χ1) is 14.4. The number of imide groups is 1. The van der Waals surface area contributed by atoms with Crippen LogP contribution in [0, 0.1) is 17.6 Å². The van der Waals surface area contributed by atoms with Crippen LogP contribution in [0.4, 0.5) is 19.3 Å². The van der Waals surface area contributed by atoms with Crippen molar-refractivity contribution in [2.45, 2.75) is 50.5 Å². The number of carbonyl (C=O) groups is 3. The second-order valence-corrected chi connectivity index (χ2v) is 8.29. The van der Waals surface area contributed by atoms with Crippen molar-refractivity contribution in [3.05, 3.63) is 29.3 Å². The first kappa shape index (κ1) is 20.6. The third-order valence-electron chi connectivity index (χ3n) is 6.15. The Balaban J connectivity index is 1.31. The molecule has 1 aromatic carbocycles. The summed E-state index contributed by atoms with van der Waals surface area (Å²) in [4.78, 5) is 36.8. The third-order valence-corrected chi connectivity index (χ3v) is 6.15. The molecule has 2 N–H and O–H groups in total. The number of anilines is 1. The molecule has 1 atom stereocenters. The highest BCUT2D eigenvalue weighted by atomic mass is 19.1. The van der Waals surface area contributed by atoms with E-state index in [2.05, 4.69) is 10.6 Å². The number of alkyl carbamates (subject to hydrolysis) is 1. The minimum absolute atomic E-state index is 0.0466. The van der Waals surface area contributed by atoms with Gasteiger partial charge >= 0.3 is 6.09 Å². The van der Waals surface area contributed by atoms with Crippen molar-refractivity contribution >= 4 is 23.6 Å². The fourth-order valence-electron chi connectivity index (χ4n) is 4.41. The molecule has 4 rings (SSSR count). The summed E-state index contributed by atoms with van der Waals surface area (Å²) in [6.45, 7) is 1.30. The smallest absolute Gasteiger partial charge is 0.407 e. The zero-order valence-electron chi connectivity index (χ0n) is 16.6. The summed E-state index contributed by atoms with van der Waals surface area (Å²) in [5.41, 5.74) is 0.00983. The predicted octanol–water partition coefficient (Wildman–Crippen LogP) is 2.59. The second kappa shape index (κ2) is 8.57. The molecule has 162 valence electrons. The molecule has 1 aliphatic carbocycles. The second-order valence-electron chi connectivity index (χ2n) is 8.29. The lowest BCUT2D eigenvalue weighted by molar-refractivity contribution is -0.134. The van der Waals surface area contributed by atoms with Crippen molar-refractivity contribution in [3.8, 4) is 0 Å². The van der Waals surface area contributed by atoms with Gasteiger partial charge in [-0.05, 0) is 37.3 Å². The standard InChI is InChI=1S/C21H25F2N3O4/c22-16-7-13(8-17(23)19(16)15-5-6-18(27)25-20(15)28)26-10-14(11-26)30-21(29)24-9-12-3-1-2-4-12/h7-8,12,14-15H,1-6,9-11H2,(H,24,29)(H,25,27,28). The van der Waals surface area contributed by atoms with E-state index in [0.717, 1.165) is 12.8 Å². The van der Waals surface area contributed by atoms with Gasteiger partial charge in [0.05, 0.1) is 19.0 Å². The topological polar surface area (TPSA) is 87.7 Å². The van der Waals surface area contributed by atoms with E-state index in [1.807, 2.05) is 0 Å². The number of nitrogens with one attached hydrogen (secondary N) is 2. The number of amides is 3. The fraction of sp³-hybridized carbons (Fsp3) is 0.571. The SMILES string of the molecule is O=C1CCC(c2c(F)cc(N3CC(OC(=O)NCC4CCCC4)C3)cc2F)C(=O)N1. The van der Waals surface area contributed by atoms with E-state index in [1.54, 1.807) is 4.90 Å². The highest BCUT2D eigenvalue weighted by molar-refractivity contribution is 6.01. The van der Waals surface area contributed by atoms with Crippen LogP contribution in [0.2, 0.25) is 0 Å². The van der Waals surface area contributed by atoms with Crippen molar-refractivity contribution in [1.82, 2.24) is 10.6 Å². The van der Waals surface area contributed by atoms with E-state index in [4.69, 9.17) is 4.74 Å². The molecule has 0 bridgehead atoms. The van der Waals surface area contributed by atoms with Gasteiger partial charge in [-0.25, -0.2) is 13.6 Å². The molecule has 3 aliphatic rings. The number of rotatable bonds is 5. The van der Waals surface area contributed by atoms with Crippen LogP contribution in [0.25, 0.3) is 0 Å². The summed E-state index contributed by atoms with van der Waals surface area (Å²) in [6, 6.07) is 2.36. The Morgan fingerprint density at radius 2 is 1.80 bits per heavy atom. The number of ether oxygens (including phenoxy) is 1. The maximum atomic E-state index is 14.6. The lowest BCUT2D eigenvalue weighted by Crippen LogP contribution is -2.54. The monoisotopic (exact) mass is 421 g/mol. The summed E-state index contributed by atoms with van der Waals surface area (Å²) in [5.74, 6) is -3.26. The largest absolute Gasteiger partial charge is 0.442 e. The van der Waals surface area contributed by atoms with Crippen molar-refractivity contribution in [3.63, 3.8) is 0 Å². The molecule has 3 amide bonds. The Morgan fingerprint density at radius 1 is 1.13 bits per heavy atom. The number of halogens is 2. The molecule has 9 heteroatoms. The minimum Gasteiger partial charge on any atom is -0.442 e. The van der Waals surface area contributed by atoms with E-state index < -0.39 is 35.5 Å². The average molecular weight is 421 g/mol. The Kier molecular flexibility index (Phi) is 5.87. The summed E-state index contributed by atoms with van der Waals surface area (Å²) in [7, 11) is 0. The summed E-state index contributed by atoms with van der Waals surface area (Å²) in [5, 5.41) is 4.90. The maximum Gasteiger partial charge on any atom is 0.407 e. The molecule has 7 nitrogen and oxygen atoms in total. The van der Waals surface area contributed by atoms with Crippen LogP contribution in [-0.4, -0.2) is 43.6 Å². The van der Waals surface area contributed by atoms with E-state index in [0.29, 0.717) is 31.2 Å². The summed E-state index contributed by atoms with van der Waals surface area (Å²) < 4.78 is 34.6. The normalized spacial score (nSPS) is 22.6. The molecule has 2 aliphatic heterocycles. The van der Waals surface area contributed by atoms with Crippen LogP contribution in [0.15, 0.2) is 12.1 Å². The molecule has 1 unspecified atom stereocenters. The third kappa shape index (κ3) is 4.39. The number of carbonyl (C=O) groups excluding carboxylic acids is 3. The van der Waals surface area contributed by atoms with Gasteiger partial charge in [-0.1, -0.05) is 12.8 Å². The minimum atomic E-state index is -1.02. The summed E-state index contributed by atoms with van der Waals surface area (Å²) in [6.07, 6.45) is 3.99. The molecule has 0 spiro atoms. The Morgan fingerprint density at radius 3 is 2.43 bits per heavy atom. The van der Waals surface area contributed by atoms with Crippen molar-refractivity contribution < 1.29 is 27.9 Å². The first-order valence-corrected chi connectivity index (χ1v) is 10.4. The summed E-state index contributed by atoms with van der Waals surface area (Å²) >= 11 is 0. The van der Waals surface area contributed by atoms with E-state index in [9.17, 15) is 23.2 Å². The van der Waals surface area contributed by atoms with Gasteiger partial charge in [0.1, 0.15) is 17.7 Å². The molecule has 2 heterocycles. The zero-order valence-corrected chi connectivity index (χ0v) is 16.6. The number of hydrogen-bond acceptors (Lipinski definition) is 5. The predicted molar refractivity (Wildman–Crippen MR) is 104 cm³/mol. The molecule has 1 aromatic rings. The van der Waals surface area contributed by atoms with Crippen molar-refractivity contribution in [2.75, 3.05) is 24.5 Å². The van der Waals surface area contributed by atoms with Crippen LogP contribution in [0.1, 0.15) is 50.0 Å². The average Bonchev–Trinajstić information content (AvgIpc) is 3.17. The molecule has 0 radical (unpaired) electrons. The number of piperidine rings is 1. The van der Waals surface area contributed by atoms with Gasteiger partial charge in [0, 0.05) is 24.2 Å². The lowest BCUT2D eigenvalue weighted by atomic mass is 9.89. The quantitative estimate of drug-likeness (QED) is 0.714. The van der Waals surface area contributed by atoms with Crippen LogP contribution in [-0.2, 0) is 14.3 Å². The zero-order chi connectivity index (χ0) is 21.3. The van der Waals surface area contributed by atoms with Crippen LogP contribution in [0.3, 0.4) is 0 Å². The van der Waals surface area contributed by atoms with Gasteiger partial charge in [0.15, 0.2) is 0 Å². The number of nitrogens with zero attached hydrogens (tertiary/aromatic N) is 1. The van der Waals surface area contributed by atoms with E-state index >= 15 is 0 Å². The molecular weight excluding hydrogens is 396 g/mol. The van der Waals surface area contributed by atoms with Crippen molar-refractivity contribution in [2.24, 2.45) is 5.92 Å².